The number of piperidine rings is 2. The molecule has 0 bridgehead atoms. The molecular weight excluding hydrogens is 591 g/mol. The maximum absolute atomic E-state index is 14.4. The van der Waals surface area contributed by atoms with Crippen molar-refractivity contribution >= 4 is 29.1 Å². The fraction of sp³-hybridized carbons (Fsp3) is 0.552. The van der Waals surface area contributed by atoms with Crippen LogP contribution < -0.4 is 0 Å². The lowest BCUT2D eigenvalue weighted by molar-refractivity contribution is -0.146. The van der Waals surface area contributed by atoms with Crippen LogP contribution >= 0.6 is 23.2 Å². The molecule has 4 rings (SSSR count). The predicted molar refractivity (Wildman–Crippen MR) is 147 cm³/mol. The number of nitrogens with zero attached hydrogens (tertiary/aromatic N) is 3. The van der Waals surface area contributed by atoms with Gasteiger partial charge in [-0.1, -0.05) is 35.7 Å². The van der Waals surface area contributed by atoms with Crippen LogP contribution in [0, 0.1) is 0 Å². The Kier molecular flexibility index (Phi) is 9.58. The summed E-state index contributed by atoms with van der Waals surface area (Å²) in [5.74, 6) is -0.651. The molecule has 1 amide bonds. The number of halogens is 8. The van der Waals surface area contributed by atoms with Gasteiger partial charge in [-0.25, -0.2) is 0 Å². The van der Waals surface area contributed by atoms with E-state index in [0.717, 1.165) is 32.4 Å². The molecule has 0 saturated carbocycles. The second-order valence-electron chi connectivity index (χ2n) is 10.8. The third-order valence-corrected chi connectivity index (χ3v) is 9.06. The van der Waals surface area contributed by atoms with E-state index in [4.69, 9.17) is 23.2 Å². The number of rotatable bonds is 6. The normalized spacial score (nSPS) is 19.7. The number of likely N-dealkylation sites (tertiary alicyclic amines) is 2. The van der Waals surface area contributed by atoms with E-state index in [9.17, 15) is 31.1 Å². The van der Waals surface area contributed by atoms with Gasteiger partial charge in [0, 0.05) is 32.7 Å². The maximum Gasteiger partial charge on any atom is 0.416 e. The molecule has 2 saturated heterocycles. The van der Waals surface area contributed by atoms with Crippen molar-refractivity contribution < 1.29 is 31.1 Å². The van der Waals surface area contributed by atoms with Crippen LogP contribution in [0.1, 0.15) is 61.3 Å². The highest BCUT2D eigenvalue weighted by Crippen LogP contribution is 2.46. The number of hydrogen-bond donors (Lipinski definition) is 0. The number of likely N-dealkylation sites (N-methyl/N-ethyl adjacent to an activating group) is 1. The van der Waals surface area contributed by atoms with E-state index >= 15 is 0 Å². The Bertz CT molecular complexity index is 1210. The molecule has 2 aromatic carbocycles. The van der Waals surface area contributed by atoms with E-state index in [2.05, 4.69) is 4.90 Å². The van der Waals surface area contributed by atoms with Crippen molar-refractivity contribution in [1.29, 1.82) is 0 Å². The van der Waals surface area contributed by atoms with Crippen molar-refractivity contribution in [3.63, 3.8) is 0 Å². The average molecular weight is 624 g/mol. The zero-order valence-corrected chi connectivity index (χ0v) is 24.4. The summed E-state index contributed by atoms with van der Waals surface area (Å²) in [6.45, 7) is 4.32. The summed E-state index contributed by atoms with van der Waals surface area (Å²) in [6, 6.07) is 5.86. The number of hydrogen-bond acceptors (Lipinski definition) is 3. The summed E-state index contributed by atoms with van der Waals surface area (Å²) in [6.07, 6.45) is -5.63. The van der Waals surface area contributed by atoms with Gasteiger partial charge in [-0.2, -0.15) is 26.3 Å². The van der Waals surface area contributed by atoms with Crippen molar-refractivity contribution in [2.45, 2.75) is 63.0 Å². The van der Waals surface area contributed by atoms with Crippen molar-refractivity contribution in [3.8, 4) is 0 Å². The monoisotopic (exact) mass is 623 g/mol. The smallest absolute Gasteiger partial charge is 0.344 e. The predicted octanol–water partition coefficient (Wildman–Crippen LogP) is 7.70. The standard InChI is InChI=1S/C29H33Cl2F6N3O/c1-3-38(2)26(41)27(19-7-8-24(30)25(31)18-19,40-13-9-23(10-14-40)39-11-5-4-6-12-39)20-15-21(28(32,33)34)17-22(16-20)29(35,36)37/h7-8,15-18,23H,3-6,9-14H2,1-2H3. The molecule has 226 valence electrons. The Hall–Kier alpha value is -2.01. The van der Waals surface area contributed by atoms with E-state index in [1.54, 1.807) is 11.8 Å². The number of alkyl halides is 6. The molecule has 0 aromatic heterocycles. The molecule has 1 atom stereocenters. The zero-order valence-electron chi connectivity index (χ0n) is 22.9. The molecule has 0 N–H and O–H groups in total. The van der Waals surface area contributed by atoms with Crippen molar-refractivity contribution in [3.05, 3.63) is 68.7 Å². The van der Waals surface area contributed by atoms with Gasteiger partial charge in [0.1, 0.15) is 0 Å². The van der Waals surface area contributed by atoms with Crippen molar-refractivity contribution in [2.75, 3.05) is 39.8 Å². The molecule has 0 radical (unpaired) electrons. The number of carbonyl (C=O) groups excluding carboxylic acids is 1. The van der Waals surface area contributed by atoms with Gasteiger partial charge in [0.15, 0.2) is 5.54 Å². The molecule has 12 heteroatoms. The molecule has 0 spiro atoms. The SMILES string of the molecule is CCN(C)C(=O)C(c1cc(C(F)(F)F)cc(C(F)(F)F)c1)(c1ccc(Cl)c(Cl)c1)N1CCC(N2CCCCC2)CC1. The molecule has 2 heterocycles. The van der Waals surface area contributed by atoms with Crippen LogP contribution in [0.5, 0.6) is 0 Å². The fourth-order valence-electron chi connectivity index (χ4n) is 6.07. The summed E-state index contributed by atoms with van der Waals surface area (Å²) in [5, 5.41) is 0.177. The summed E-state index contributed by atoms with van der Waals surface area (Å²) in [7, 11) is 1.48. The molecule has 4 nitrogen and oxygen atoms in total. The van der Waals surface area contributed by atoms with E-state index in [1.165, 1.54) is 30.1 Å². The highest BCUT2D eigenvalue weighted by atomic mass is 35.5. The van der Waals surface area contributed by atoms with Gasteiger partial charge < -0.3 is 9.80 Å². The van der Waals surface area contributed by atoms with Gasteiger partial charge in [0.25, 0.3) is 5.91 Å². The van der Waals surface area contributed by atoms with E-state index in [1.807, 2.05) is 0 Å². The molecule has 2 aliphatic rings. The lowest BCUT2D eigenvalue weighted by Gasteiger charge is -2.49. The Balaban J connectivity index is 1.97. The largest absolute Gasteiger partial charge is 0.416 e. The topological polar surface area (TPSA) is 26.8 Å². The van der Waals surface area contributed by atoms with Crippen LogP contribution in [0.25, 0.3) is 0 Å². The van der Waals surface area contributed by atoms with Gasteiger partial charge in [0.05, 0.1) is 21.2 Å². The van der Waals surface area contributed by atoms with Crippen LogP contribution in [-0.2, 0) is 22.7 Å². The first-order valence-electron chi connectivity index (χ1n) is 13.7. The number of benzene rings is 2. The fourth-order valence-corrected chi connectivity index (χ4v) is 6.37. The Labute approximate surface area is 246 Å². The van der Waals surface area contributed by atoms with Crippen LogP contribution in [0.2, 0.25) is 10.0 Å². The zero-order chi connectivity index (χ0) is 30.2. The first kappa shape index (κ1) is 31.9. The first-order chi connectivity index (χ1) is 19.2. The third-order valence-electron chi connectivity index (χ3n) is 8.32. The van der Waals surface area contributed by atoms with Crippen molar-refractivity contribution in [1.82, 2.24) is 14.7 Å². The Morgan fingerprint density at radius 2 is 1.34 bits per heavy atom. The summed E-state index contributed by atoms with van der Waals surface area (Å²) < 4.78 is 84.3. The van der Waals surface area contributed by atoms with Gasteiger partial charge in [0.2, 0.25) is 0 Å². The van der Waals surface area contributed by atoms with Gasteiger partial charge in [-0.15, -0.1) is 0 Å². The quantitative estimate of drug-likeness (QED) is 0.309. The molecule has 0 aliphatic carbocycles. The first-order valence-corrected chi connectivity index (χ1v) is 14.4. The minimum atomic E-state index is -5.08. The van der Waals surface area contributed by atoms with Gasteiger partial charge in [-0.05, 0) is 87.2 Å². The maximum atomic E-state index is 14.4. The number of amides is 1. The molecule has 2 fully saturated rings. The second kappa shape index (κ2) is 12.3. The minimum Gasteiger partial charge on any atom is -0.344 e. The lowest BCUT2D eigenvalue weighted by Crippen LogP contribution is -2.60. The van der Waals surface area contributed by atoms with Crippen molar-refractivity contribution in [2.24, 2.45) is 0 Å². The third kappa shape index (κ3) is 6.50. The van der Waals surface area contributed by atoms with E-state index in [0.29, 0.717) is 25.0 Å². The van der Waals surface area contributed by atoms with Crippen LogP contribution in [0.4, 0.5) is 26.3 Å². The second-order valence-corrected chi connectivity index (χ2v) is 11.6. The highest BCUT2D eigenvalue weighted by molar-refractivity contribution is 6.42. The summed E-state index contributed by atoms with van der Waals surface area (Å²) in [5.41, 5.74) is -5.25. The molecule has 2 aliphatic heterocycles. The minimum absolute atomic E-state index is 0.0340. The average Bonchev–Trinajstić information content (AvgIpc) is 2.94. The molecule has 1 unspecified atom stereocenters. The molecular formula is C29H33Cl2F6N3O. The van der Waals surface area contributed by atoms with Crippen LogP contribution in [0.3, 0.4) is 0 Å². The number of carbonyl (C=O) groups is 1. The summed E-state index contributed by atoms with van der Waals surface area (Å²) in [4.78, 5) is 19.9. The van der Waals surface area contributed by atoms with Crippen LogP contribution in [0.15, 0.2) is 36.4 Å². The molecule has 41 heavy (non-hydrogen) atoms. The Morgan fingerprint density at radius 3 is 1.83 bits per heavy atom. The summed E-state index contributed by atoms with van der Waals surface area (Å²) >= 11 is 12.5. The van der Waals surface area contributed by atoms with Crippen LogP contribution in [-0.4, -0.2) is 66.4 Å². The van der Waals surface area contributed by atoms with Gasteiger partial charge >= 0.3 is 12.4 Å². The van der Waals surface area contributed by atoms with E-state index in [-0.39, 0.29) is 47.4 Å². The van der Waals surface area contributed by atoms with E-state index < -0.39 is 40.5 Å². The van der Waals surface area contributed by atoms with Gasteiger partial charge in [-0.3, -0.25) is 9.69 Å². The molecule has 2 aromatic rings. The Morgan fingerprint density at radius 1 is 0.805 bits per heavy atom. The highest BCUT2D eigenvalue weighted by Gasteiger charge is 2.52. The lowest BCUT2D eigenvalue weighted by atomic mass is 9.77.